The van der Waals surface area contributed by atoms with Crippen LogP contribution in [0.2, 0.25) is 5.02 Å². The van der Waals surface area contributed by atoms with Crippen molar-refractivity contribution in [3.8, 4) is 17.6 Å². The SMILES string of the molecule is COc1ccc(CN(CC#Cc2ccc(Cl)cc2)Cc2ccccc2)cc1. The van der Waals surface area contributed by atoms with Crippen molar-refractivity contribution in [2.75, 3.05) is 13.7 Å². The molecule has 3 aromatic rings. The predicted molar refractivity (Wildman–Crippen MR) is 112 cm³/mol. The molecule has 27 heavy (non-hydrogen) atoms. The summed E-state index contributed by atoms with van der Waals surface area (Å²) in [6, 6.07) is 26.3. The van der Waals surface area contributed by atoms with Gasteiger partial charge in [-0.15, -0.1) is 0 Å². The van der Waals surface area contributed by atoms with Crippen molar-refractivity contribution < 1.29 is 4.74 Å². The Morgan fingerprint density at radius 3 is 2.07 bits per heavy atom. The maximum atomic E-state index is 5.93. The largest absolute Gasteiger partial charge is 0.497 e. The van der Waals surface area contributed by atoms with E-state index in [1.807, 2.05) is 42.5 Å². The van der Waals surface area contributed by atoms with Crippen LogP contribution in [0.5, 0.6) is 5.75 Å². The van der Waals surface area contributed by atoms with Gasteiger partial charge in [-0.25, -0.2) is 0 Å². The van der Waals surface area contributed by atoms with Crippen molar-refractivity contribution in [2.24, 2.45) is 0 Å². The van der Waals surface area contributed by atoms with Crippen molar-refractivity contribution >= 4 is 11.6 Å². The lowest BCUT2D eigenvalue weighted by atomic mass is 10.1. The summed E-state index contributed by atoms with van der Waals surface area (Å²) in [7, 11) is 1.68. The minimum atomic E-state index is 0.684. The monoisotopic (exact) mass is 375 g/mol. The third-order valence-electron chi connectivity index (χ3n) is 4.19. The average Bonchev–Trinajstić information content (AvgIpc) is 2.71. The Balaban J connectivity index is 1.71. The summed E-state index contributed by atoms with van der Waals surface area (Å²) in [4.78, 5) is 2.33. The first kappa shape index (κ1) is 19.0. The zero-order valence-electron chi connectivity index (χ0n) is 15.4. The molecule has 0 aliphatic heterocycles. The smallest absolute Gasteiger partial charge is 0.118 e. The van der Waals surface area contributed by atoms with Crippen LogP contribution in [0.25, 0.3) is 0 Å². The predicted octanol–water partition coefficient (Wildman–Crippen LogP) is 5.40. The Kier molecular flexibility index (Phi) is 6.93. The number of benzene rings is 3. The van der Waals surface area contributed by atoms with E-state index in [2.05, 4.69) is 53.1 Å². The van der Waals surface area contributed by atoms with E-state index in [0.29, 0.717) is 6.54 Å². The van der Waals surface area contributed by atoms with Gasteiger partial charge >= 0.3 is 0 Å². The summed E-state index contributed by atoms with van der Waals surface area (Å²) in [5, 5.41) is 0.728. The van der Waals surface area contributed by atoms with Crippen molar-refractivity contribution in [2.45, 2.75) is 13.1 Å². The van der Waals surface area contributed by atoms with Gasteiger partial charge in [0.25, 0.3) is 0 Å². The van der Waals surface area contributed by atoms with Crippen LogP contribution in [-0.4, -0.2) is 18.6 Å². The number of halogens is 1. The number of ether oxygens (including phenoxy) is 1. The second kappa shape index (κ2) is 9.83. The second-order valence-electron chi connectivity index (χ2n) is 6.29. The van der Waals surface area contributed by atoms with Crippen LogP contribution in [-0.2, 0) is 13.1 Å². The van der Waals surface area contributed by atoms with Gasteiger partial charge in [0, 0.05) is 23.7 Å². The lowest BCUT2D eigenvalue weighted by Gasteiger charge is -2.20. The van der Waals surface area contributed by atoms with Crippen molar-refractivity contribution in [3.63, 3.8) is 0 Å². The number of nitrogens with zero attached hydrogens (tertiary/aromatic N) is 1. The first-order chi connectivity index (χ1) is 13.2. The van der Waals surface area contributed by atoms with Gasteiger partial charge in [-0.2, -0.15) is 0 Å². The number of methoxy groups -OCH3 is 1. The molecule has 0 unspecified atom stereocenters. The Morgan fingerprint density at radius 2 is 1.44 bits per heavy atom. The summed E-state index contributed by atoms with van der Waals surface area (Å²) < 4.78 is 5.25. The van der Waals surface area contributed by atoms with Gasteiger partial charge in [0.15, 0.2) is 0 Å². The molecule has 3 rings (SSSR count). The first-order valence-electron chi connectivity index (χ1n) is 8.86. The van der Waals surface area contributed by atoms with E-state index in [-0.39, 0.29) is 0 Å². The Hall–Kier alpha value is -2.73. The van der Waals surface area contributed by atoms with Crippen molar-refractivity contribution in [1.82, 2.24) is 4.90 Å². The van der Waals surface area contributed by atoms with E-state index in [1.165, 1.54) is 11.1 Å². The molecule has 0 spiro atoms. The van der Waals surface area contributed by atoms with Crippen LogP contribution >= 0.6 is 11.6 Å². The minimum Gasteiger partial charge on any atom is -0.497 e. The molecular formula is C24H22ClNO. The maximum Gasteiger partial charge on any atom is 0.118 e. The van der Waals surface area contributed by atoms with Gasteiger partial charge in [-0.3, -0.25) is 4.90 Å². The molecule has 0 N–H and O–H groups in total. The summed E-state index contributed by atoms with van der Waals surface area (Å²) in [6.07, 6.45) is 0. The van der Waals surface area contributed by atoms with E-state index >= 15 is 0 Å². The normalized spacial score (nSPS) is 10.3. The van der Waals surface area contributed by atoms with Gasteiger partial charge in [0.2, 0.25) is 0 Å². The molecule has 0 saturated carbocycles. The standard InChI is InChI=1S/C24H22ClNO/c1-27-24-15-11-22(12-16-24)19-26(18-21-6-3-2-4-7-21)17-5-8-20-9-13-23(25)14-10-20/h2-4,6-7,9-16H,17-19H2,1H3. The molecule has 0 amide bonds. The number of rotatable bonds is 6. The van der Waals surface area contributed by atoms with Crippen LogP contribution in [0, 0.1) is 11.8 Å². The van der Waals surface area contributed by atoms with Gasteiger partial charge in [0.1, 0.15) is 5.75 Å². The molecule has 0 atom stereocenters. The second-order valence-corrected chi connectivity index (χ2v) is 6.72. The lowest BCUT2D eigenvalue weighted by molar-refractivity contribution is 0.290. The van der Waals surface area contributed by atoms with Crippen LogP contribution in [0.1, 0.15) is 16.7 Å². The van der Waals surface area contributed by atoms with Crippen LogP contribution < -0.4 is 4.74 Å². The molecule has 3 heteroatoms. The van der Waals surface area contributed by atoms with Gasteiger partial charge in [0.05, 0.1) is 13.7 Å². The molecule has 0 heterocycles. The topological polar surface area (TPSA) is 12.5 Å². The molecule has 0 aromatic heterocycles. The van der Waals surface area contributed by atoms with E-state index in [1.54, 1.807) is 7.11 Å². The first-order valence-corrected chi connectivity index (χ1v) is 9.24. The van der Waals surface area contributed by atoms with Crippen molar-refractivity contribution in [3.05, 3.63) is 101 Å². The van der Waals surface area contributed by atoms with Gasteiger partial charge in [-0.05, 0) is 47.5 Å². The third-order valence-corrected chi connectivity index (χ3v) is 4.45. The van der Waals surface area contributed by atoms with Crippen LogP contribution in [0.15, 0.2) is 78.9 Å². The summed E-state index contributed by atoms with van der Waals surface area (Å²) >= 11 is 5.93. The van der Waals surface area contributed by atoms with E-state index in [0.717, 1.165) is 29.4 Å². The fourth-order valence-electron chi connectivity index (χ4n) is 2.79. The summed E-state index contributed by atoms with van der Waals surface area (Å²) in [5.74, 6) is 7.39. The zero-order chi connectivity index (χ0) is 18.9. The molecule has 136 valence electrons. The highest BCUT2D eigenvalue weighted by Crippen LogP contribution is 2.15. The Morgan fingerprint density at radius 1 is 0.815 bits per heavy atom. The molecule has 0 saturated heterocycles. The molecule has 0 bridgehead atoms. The van der Waals surface area contributed by atoms with Crippen LogP contribution in [0.4, 0.5) is 0 Å². The van der Waals surface area contributed by atoms with Crippen LogP contribution in [0.3, 0.4) is 0 Å². The molecule has 3 aromatic carbocycles. The summed E-state index contributed by atoms with van der Waals surface area (Å²) in [5.41, 5.74) is 3.49. The Bertz CT molecular complexity index is 893. The molecule has 0 radical (unpaired) electrons. The number of hydrogen-bond acceptors (Lipinski definition) is 2. The highest BCUT2D eigenvalue weighted by atomic mass is 35.5. The average molecular weight is 376 g/mol. The molecule has 0 aliphatic carbocycles. The van der Waals surface area contributed by atoms with Gasteiger partial charge in [-0.1, -0.05) is 65.9 Å². The molecule has 0 fully saturated rings. The Labute approximate surface area is 166 Å². The van der Waals surface area contributed by atoms with E-state index in [4.69, 9.17) is 16.3 Å². The maximum absolute atomic E-state index is 5.93. The molecule has 0 aliphatic rings. The van der Waals surface area contributed by atoms with Gasteiger partial charge < -0.3 is 4.74 Å². The van der Waals surface area contributed by atoms with E-state index in [9.17, 15) is 0 Å². The third kappa shape index (κ3) is 6.18. The minimum absolute atomic E-state index is 0.684. The summed E-state index contributed by atoms with van der Waals surface area (Å²) in [6.45, 7) is 2.36. The fourth-order valence-corrected chi connectivity index (χ4v) is 2.91. The zero-order valence-corrected chi connectivity index (χ0v) is 16.1. The number of hydrogen-bond donors (Lipinski definition) is 0. The fraction of sp³-hybridized carbons (Fsp3) is 0.167. The molecule has 2 nitrogen and oxygen atoms in total. The highest BCUT2D eigenvalue weighted by Gasteiger charge is 2.06. The molecular weight excluding hydrogens is 354 g/mol. The highest BCUT2D eigenvalue weighted by molar-refractivity contribution is 6.30. The lowest BCUT2D eigenvalue weighted by Crippen LogP contribution is -2.23. The van der Waals surface area contributed by atoms with Crippen molar-refractivity contribution in [1.29, 1.82) is 0 Å². The van der Waals surface area contributed by atoms with E-state index < -0.39 is 0 Å². The quantitative estimate of drug-likeness (QED) is 0.534.